The van der Waals surface area contributed by atoms with E-state index in [1.165, 1.54) is 5.69 Å². The summed E-state index contributed by atoms with van der Waals surface area (Å²) < 4.78 is 7.30. The van der Waals surface area contributed by atoms with Gasteiger partial charge >= 0.3 is 5.97 Å². The fourth-order valence-corrected chi connectivity index (χ4v) is 2.50. The van der Waals surface area contributed by atoms with Crippen LogP contribution >= 0.6 is 0 Å². The number of aryl methyl sites for hydroxylation is 1. The predicted molar refractivity (Wildman–Crippen MR) is 81.9 cm³/mol. The number of carboxylic acids is 1. The molecule has 0 fully saturated rings. The number of methoxy groups -OCH3 is 1. The van der Waals surface area contributed by atoms with Gasteiger partial charge in [0.15, 0.2) is 0 Å². The number of nitrogens with zero attached hydrogens (tertiary/aromatic N) is 2. The standard InChI is InChI=1S/C16H22N2O3/c1-16(2,3)14-8-11-10-17-12(15(19)20)9-13(11)18(14)6-5-7-21-4/h8-10H,5-7H2,1-4H3,(H,19,20). The number of rotatable bonds is 5. The van der Waals surface area contributed by atoms with Crippen LogP contribution in [0.4, 0.5) is 0 Å². The van der Waals surface area contributed by atoms with E-state index < -0.39 is 5.97 Å². The third kappa shape index (κ3) is 3.24. The van der Waals surface area contributed by atoms with Crippen molar-refractivity contribution < 1.29 is 14.6 Å². The summed E-state index contributed by atoms with van der Waals surface area (Å²) in [6.07, 6.45) is 2.52. The molecular formula is C16H22N2O3. The summed E-state index contributed by atoms with van der Waals surface area (Å²) >= 11 is 0. The molecule has 5 heteroatoms. The molecule has 0 bridgehead atoms. The highest BCUT2D eigenvalue weighted by Crippen LogP contribution is 2.29. The molecule has 0 amide bonds. The largest absolute Gasteiger partial charge is 0.477 e. The lowest BCUT2D eigenvalue weighted by Crippen LogP contribution is -2.18. The molecule has 114 valence electrons. The number of fused-ring (bicyclic) bond motifs is 1. The van der Waals surface area contributed by atoms with Crippen molar-refractivity contribution in [2.75, 3.05) is 13.7 Å². The monoisotopic (exact) mass is 290 g/mol. The van der Waals surface area contributed by atoms with E-state index in [4.69, 9.17) is 9.84 Å². The molecule has 0 saturated carbocycles. The zero-order valence-corrected chi connectivity index (χ0v) is 13.0. The van der Waals surface area contributed by atoms with Crippen molar-refractivity contribution in [2.24, 2.45) is 0 Å². The smallest absolute Gasteiger partial charge is 0.354 e. The van der Waals surface area contributed by atoms with E-state index in [2.05, 4.69) is 36.4 Å². The summed E-state index contributed by atoms with van der Waals surface area (Å²) in [7, 11) is 1.69. The maximum Gasteiger partial charge on any atom is 0.354 e. The van der Waals surface area contributed by atoms with Crippen LogP contribution in [0.2, 0.25) is 0 Å². The van der Waals surface area contributed by atoms with Gasteiger partial charge in [-0.2, -0.15) is 0 Å². The average molecular weight is 290 g/mol. The van der Waals surface area contributed by atoms with Crippen LogP contribution in [0.25, 0.3) is 10.9 Å². The van der Waals surface area contributed by atoms with Gasteiger partial charge in [-0.15, -0.1) is 0 Å². The highest BCUT2D eigenvalue weighted by molar-refractivity contribution is 5.91. The zero-order chi connectivity index (χ0) is 15.6. The topological polar surface area (TPSA) is 64.4 Å². The normalized spacial score (nSPS) is 12.0. The fraction of sp³-hybridized carbons (Fsp3) is 0.500. The summed E-state index contributed by atoms with van der Waals surface area (Å²) in [5.74, 6) is -1.00. The Morgan fingerprint density at radius 1 is 1.38 bits per heavy atom. The average Bonchev–Trinajstić information content (AvgIpc) is 2.77. The number of carboxylic acid groups (broad SMARTS) is 1. The Labute approximate surface area is 124 Å². The predicted octanol–water partition coefficient (Wildman–Crippen LogP) is 3.07. The summed E-state index contributed by atoms with van der Waals surface area (Å²) in [5, 5.41) is 10.1. The molecule has 2 aromatic heterocycles. The van der Waals surface area contributed by atoms with Gasteiger partial charge in [-0.25, -0.2) is 9.78 Å². The molecule has 0 aliphatic carbocycles. The van der Waals surface area contributed by atoms with E-state index >= 15 is 0 Å². The number of aromatic nitrogens is 2. The van der Waals surface area contributed by atoms with Gasteiger partial charge < -0.3 is 14.4 Å². The summed E-state index contributed by atoms with van der Waals surface area (Å²) in [5.41, 5.74) is 2.16. The van der Waals surface area contributed by atoms with Gasteiger partial charge in [0.2, 0.25) is 0 Å². The number of hydrogen-bond acceptors (Lipinski definition) is 3. The molecule has 0 aliphatic rings. The molecule has 2 rings (SSSR count). The lowest BCUT2D eigenvalue weighted by molar-refractivity contribution is 0.0690. The van der Waals surface area contributed by atoms with Gasteiger partial charge in [-0.3, -0.25) is 0 Å². The summed E-state index contributed by atoms with van der Waals surface area (Å²) in [6, 6.07) is 3.75. The Morgan fingerprint density at radius 3 is 2.67 bits per heavy atom. The van der Waals surface area contributed by atoms with Gasteiger partial charge in [-0.05, 0) is 18.6 Å². The number of pyridine rings is 1. The number of carbonyl (C=O) groups is 1. The molecule has 5 nitrogen and oxygen atoms in total. The van der Waals surface area contributed by atoms with Gasteiger partial charge in [0.25, 0.3) is 0 Å². The maximum absolute atomic E-state index is 11.1. The lowest BCUT2D eigenvalue weighted by Gasteiger charge is -2.22. The van der Waals surface area contributed by atoms with Gasteiger partial charge in [0.05, 0.1) is 5.52 Å². The first-order valence-corrected chi connectivity index (χ1v) is 7.06. The van der Waals surface area contributed by atoms with Crippen LogP contribution in [-0.2, 0) is 16.7 Å². The zero-order valence-electron chi connectivity index (χ0n) is 13.0. The van der Waals surface area contributed by atoms with Crippen LogP contribution in [0.1, 0.15) is 43.4 Å². The van der Waals surface area contributed by atoms with Gasteiger partial charge in [0.1, 0.15) is 5.69 Å². The second kappa shape index (κ2) is 5.85. The van der Waals surface area contributed by atoms with Crippen molar-refractivity contribution in [3.05, 3.63) is 29.7 Å². The molecule has 21 heavy (non-hydrogen) atoms. The van der Waals surface area contributed by atoms with E-state index in [0.29, 0.717) is 6.61 Å². The molecule has 0 unspecified atom stereocenters. The molecule has 0 saturated heterocycles. The Hall–Kier alpha value is -1.88. The van der Waals surface area contributed by atoms with Crippen molar-refractivity contribution in [1.82, 2.24) is 9.55 Å². The molecule has 0 spiro atoms. The first-order chi connectivity index (χ1) is 9.84. The molecular weight excluding hydrogens is 268 g/mol. The Bertz CT molecular complexity index is 653. The van der Waals surface area contributed by atoms with Crippen LogP contribution in [0.15, 0.2) is 18.3 Å². The second-order valence-corrected chi connectivity index (χ2v) is 6.21. The Balaban J connectivity index is 2.56. The van der Waals surface area contributed by atoms with E-state index in [9.17, 15) is 4.79 Å². The van der Waals surface area contributed by atoms with Crippen molar-refractivity contribution >= 4 is 16.9 Å². The van der Waals surface area contributed by atoms with E-state index in [0.717, 1.165) is 23.9 Å². The van der Waals surface area contributed by atoms with Crippen LogP contribution in [0, 0.1) is 0 Å². The Kier molecular flexibility index (Phi) is 4.32. The van der Waals surface area contributed by atoms with Gasteiger partial charge in [-0.1, -0.05) is 20.8 Å². The number of hydrogen-bond donors (Lipinski definition) is 1. The minimum atomic E-state index is -1.00. The van der Waals surface area contributed by atoms with Crippen LogP contribution < -0.4 is 0 Å². The molecule has 0 aliphatic heterocycles. The minimum Gasteiger partial charge on any atom is -0.477 e. The molecule has 0 radical (unpaired) electrons. The fourth-order valence-electron chi connectivity index (χ4n) is 2.50. The summed E-state index contributed by atoms with van der Waals surface area (Å²) in [6.45, 7) is 7.94. The maximum atomic E-state index is 11.1. The molecule has 1 N–H and O–H groups in total. The van der Waals surface area contributed by atoms with Crippen molar-refractivity contribution in [3.8, 4) is 0 Å². The first kappa shape index (κ1) is 15.5. The van der Waals surface area contributed by atoms with Crippen LogP contribution in [0.5, 0.6) is 0 Å². The second-order valence-electron chi connectivity index (χ2n) is 6.21. The van der Waals surface area contributed by atoms with Crippen molar-refractivity contribution in [1.29, 1.82) is 0 Å². The quantitative estimate of drug-likeness (QED) is 0.860. The van der Waals surface area contributed by atoms with Crippen LogP contribution in [-0.4, -0.2) is 34.3 Å². The van der Waals surface area contributed by atoms with Crippen molar-refractivity contribution in [3.63, 3.8) is 0 Å². The van der Waals surface area contributed by atoms with E-state index in [1.54, 1.807) is 19.4 Å². The Morgan fingerprint density at radius 2 is 2.10 bits per heavy atom. The third-order valence-electron chi connectivity index (χ3n) is 3.50. The highest BCUT2D eigenvalue weighted by atomic mass is 16.5. The minimum absolute atomic E-state index is 0.0184. The third-order valence-corrected chi connectivity index (χ3v) is 3.50. The van der Waals surface area contributed by atoms with Gasteiger partial charge in [0, 0.05) is 43.0 Å². The van der Waals surface area contributed by atoms with E-state index in [1.807, 2.05) is 0 Å². The molecule has 0 atom stereocenters. The molecule has 2 aromatic rings. The summed E-state index contributed by atoms with van der Waals surface area (Å²) in [4.78, 5) is 15.1. The molecule has 2 heterocycles. The number of ether oxygens (including phenoxy) is 1. The number of aromatic carboxylic acids is 1. The van der Waals surface area contributed by atoms with E-state index in [-0.39, 0.29) is 11.1 Å². The highest BCUT2D eigenvalue weighted by Gasteiger charge is 2.21. The molecule has 0 aromatic carbocycles. The lowest BCUT2D eigenvalue weighted by atomic mass is 9.92. The SMILES string of the molecule is COCCCn1c(C(C)(C)C)cc2cnc(C(=O)O)cc21. The van der Waals surface area contributed by atoms with Crippen molar-refractivity contribution in [2.45, 2.75) is 39.2 Å². The van der Waals surface area contributed by atoms with Crippen LogP contribution in [0.3, 0.4) is 0 Å². The first-order valence-electron chi connectivity index (χ1n) is 7.06.